The minimum atomic E-state index is -3.64. The van der Waals surface area contributed by atoms with E-state index in [4.69, 9.17) is 9.47 Å². The summed E-state index contributed by atoms with van der Waals surface area (Å²) in [5.41, 5.74) is 0.304. The molecule has 2 rings (SSSR count). The average molecular weight is 423 g/mol. The van der Waals surface area contributed by atoms with Gasteiger partial charge in [-0.2, -0.15) is 4.31 Å². The third-order valence-electron chi connectivity index (χ3n) is 4.13. The third kappa shape index (κ3) is 6.45. The van der Waals surface area contributed by atoms with E-state index in [1.807, 2.05) is 0 Å². The number of hydrogen-bond donors (Lipinski definition) is 2. The number of carbonyl (C=O) groups excluding carboxylic acids is 2. The Hall–Kier alpha value is -2.61. The molecule has 0 aliphatic carbocycles. The lowest BCUT2D eigenvalue weighted by Gasteiger charge is -2.39. The van der Waals surface area contributed by atoms with E-state index in [1.54, 1.807) is 38.1 Å². The summed E-state index contributed by atoms with van der Waals surface area (Å²) in [4.78, 5) is 24.4. The number of hydrogen-bond acceptors (Lipinski definition) is 7. The highest BCUT2D eigenvalue weighted by Crippen LogP contribution is 2.16. The fourth-order valence-electron chi connectivity index (χ4n) is 2.68. The van der Waals surface area contributed by atoms with Crippen molar-refractivity contribution < 1.29 is 27.5 Å². The molecule has 2 N–H and O–H groups in total. The third-order valence-corrected chi connectivity index (χ3v) is 5.39. The maximum atomic E-state index is 12.7. The minimum Gasteiger partial charge on any atom is -0.481 e. The second-order valence-electron chi connectivity index (χ2n) is 6.25. The molecule has 1 aliphatic heterocycles. The lowest BCUT2D eigenvalue weighted by Crippen LogP contribution is -2.66. The summed E-state index contributed by atoms with van der Waals surface area (Å²) in [6.45, 7) is 4.00. The number of nitrogens with zero attached hydrogens (tertiary/aromatic N) is 1. The van der Waals surface area contributed by atoms with Gasteiger partial charge in [-0.25, -0.2) is 8.42 Å². The Labute approximate surface area is 170 Å². The van der Waals surface area contributed by atoms with Gasteiger partial charge in [-0.15, -0.1) is 5.92 Å². The Kier molecular flexibility index (Phi) is 8.01. The average Bonchev–Trinajstić information content (AvgIpc) is 2.69. The molecule has 0 aromatic heterocycles. The van der Waals surface area contributed by atoms with Crippen molar-refractivity contribution in [2.45, 2.75) is 32.7 Å². The molecule has 0 saturated carbocycles. The zero-order valence-corrected chi connectivity index (χ0v) is 17.4. The van der Waals surface area contributed by atoms with Crippen LogP contribution in [0.2, 0.25) is 0 Å². The lowest BCUT2D eigenvalue weighted by molar-refractivity contribution is -0.155. The molecular formula is C19H25N3O6S. The molecule has 0 spiro atoms. The molecular weight excluding hydrogens is 398 g/mol. The van der Waals surface area contributed by atoms with Crippen LogP contribution >= 0.6 is 0 Å². The maximum absolute atomic E-state index is 12.7. The van der Waals surface area contributed by atoms with Crippen LogP contribution in [0.15, 0.2) is 24.3 Å². The van der Waals surface area contributed by atoms with Crippen LogP contribution in [0.3, 0.4) is 0 Å². The molecule has 1 amide bonds. The predicted octanol–water partition coefficient (Wildman–Crippen LogP) is 0.289. The summed E-state index contributed by atoms with van der Waals surface area (Å²) in [6.07, 6.45) is -0.897. The second-order valence-corrected chi connectivity index (χ2v) is 8.19. The topological polar surface area (TPSA) is 114 Å². The highest BCUT2D eigenvalue weighted by molar-refractivity contribution is 7.88. The van der Waals surface area contributed by atoms with Crippen molar-refractivity contribution >= 4 is 21.9 Å². The van der Waals surface area contributed by atoms with Crippen LogP contribution in [-0.2, 0) is 19.6 Å². The molecule has 10 heteroatoms. The van der Waals surface area contributed by atoms with E-state index in [0.717, 1.165) is 10.6 Å². The Balaban J connectivity index is 2.17. The summed E-state index contributed by atoms with van der Waals surface area (Å²) in [5.74, 6) is 5.02. The number of esters is 1. The quantitative estimate of drug-likeness (QED) is 0.479. The fraction of sp³-hybridized carbons (Fsp3) is 0.474. The maximum Gasteiger partial charge on any atom is 0.307 e. The van der Waals surface area contributed by atoms with Crippen molar-refractivity contribution in [2.24, 2.45) is 0 Å². The number of ether oxygens (including phenoxy) is 2. The molecule has 2 atom stereocenters. The van der Waals surface area contributed by atoms with Gasteiger partial charge in [0.25, 0.3) is 5.91 Å². The summed E-state index contributed by atoms with van der Waals surface area (Å²) in [5, 5.41) is 5.58. The van der Waals surface area contributed by atoms with E-state index >= 15 is 0 Å². The molecule has 0 bridgehead atoms. The van der Waals surface area contributed by atoms with Gasteiger partial charge in [0.1, 0.15) is 18.5 Å². The van der Waals surface area contributed by atoms with Gasteiger partial charge in [0, 0.05) is 25.1 Å². The first-order valence-electron chi connectivity index (χ1n) is 9.09. The normalized spacial score (nSPS) is 19.6. The Bertz CT molecular complexity index is 889. The van der Waals surface area contributed by atoms with Gasteiger partial charge in [-0.1, -0.05) is 12.8 Å². The monoisotopic (exact) mass is 423 g/mol. The summed E-state index contributed by atoms with van der Waals surface area (Å²) < 4.78 is 36.1. The van der Waals surface area contributed by atoms with Crippen LogP contribution in [0.5, 0.6) is 5.75 Å². The van der Waals surface area contributed by atoms with Gasteiger partial charge in [0.15, 0.2) is 6.23 Å². The van der Waals surface area contributed by atoms with Crippen molar-refractivity contribution in [3.63, 3.8) is 0 Å². The predicted molar refractivity (Wildman–Crippen MR) is 106 cm³/mol. The molecule has 9 nitrogen and oxygen atoms in total. The number of sulfonamides is 1. The summed E-state index contributed by atoms with van der Waals surface area (Å²) >= 11 is 0. The van der Waals surface area contributed by atoms with Crippen molar-refractivity contribution in [1.29, 1.82) is 0 Å². The van der Waals surface area contributed by atoms with Crippen molar-refractivity contribution in [2.75, 3.05) is 26.0 Å². The number of carbonyl (C=O) groups is 2. The van der Waals surface area contributed by atoms with Crippen molar-refractivity contribution in [3.8, 4) is 17.6 Å². The first kappa shape index (κ1) is 22.7. The second kappa shape index (κ2) is 10.2. The van der Waals surface area contributed by atoms with Gasteiger partial charge in [-0.05, 0) is 31.2 Å². The standard InChI is InChI=1S/C19H25N3O6S/c1-4-6-13-27-15-9-7-14(8-10-15)18(24)21-17-19(28-16(23)5-2)20-11-12-22(17)29(3,25)26/h7-10,17,19-20H,5,11-13H2,1-3H3,(H,21,24)/t17-,19?/m1/s1. The van der Waals surface area contributed by atoms with E-state index in [2.05, 4.69) is 22.5 Å². The first-order chi connectivity index (χ1) is 13.8. The molecule has 29 heavy (non-hydrogen) atoms. The van der Waals surface area contributed by atoms with Crippen LogP contribution in [-0.4, -0.2) is 62.9 Å². The molecule has 1 unspecified atom stereocenters. The number of piperazine rings is 1. The lowest BCUT2D eigenvalue weighted by atomic mass is 10.2. The van der Waals surface area contributed by atoms with Crippen LogP contribution < -0.4 is 15.4 Å². The molecule has 1 aromatic carbocycles. The molecule has 158 valence electrons. The van der Waals surface area contributed by atoms with Gasteiger partial charge >= 0.3 is 5.97 Å². The Morgan fingerprint density at radius 1 is 1.31 bits per heavy atom. The fourth-order valence-corrected chi connectivity index (χ4v) is 3.68. The summed E-state index contributed by atoms with van der Waals surface area (Å²) in [6, 6.07) is 6.35. The summed E-state index contributed by atoms with van der Waals surface area (Å²) in [7, 11) is -3.64. The highest BCUT2D eigenvalue weighted by atomic mass is 32.2. The Morgan fingerprint density at radius 2 is 2.00 bits per heavy atom. The van der Waals surface area contributed by atoms with Crippen LogP contribution in [0, 0.1) is 11.8 Å². The largest absolute Gasteiger partial charge is 0.481 e. The number of nitrogens with one attached hydrogen (secondary N) is 2. The highest BCUT2D eigenvalue weighted by Gasteiger charge is 2.39. The molecule has 1 aromatic rings. The van der Waals surface area contributed by atoms with Crippen LogP contribution in [0.1, 0.15) is 30.6 Å². The Morgan fingerprint density at radius 3 is 2.59 bits per heavy atom. The van der Waals surface area contributed by atoms with E-state index in [-0.39, 0.29) is 26.1 Å². The van der Waals surface area contributed by atoms with Gasteiger partial charge in [-0.3, -0.25) is 14.9 Å². The molecule has 0 radical (unpaired) electrons. The van der Waals surface area contributed by atoms with Crippen molar-refractivity contribution in [3.05, 3.63) is 29.8 Å². The smallest absolute Gasteiger partial charge is 0.307 e. The van der Waals surface area contributed by atoms with Crippen molar-refractivity contribution in [1.82, 2.24) is 14.9 Å². The number of rotatable bonds is 7. The number of benzene rings is 1. The first-order valence-corrected chi connectivity index (χ1v) is 10.9. The van der Waals surface area contributed by atoms with Gasteiger partial charge < -0.3 is 14.8 Å². The molecule has 1 heterocycles. The molecule has 1 fully saturated rings. The van der Waals surface area contributed by atoms with E-state index in [1.165, 1.54) is 0 Å². The number of amides is 1. The molecule has 1 aliphatic rings. The zero-order chi connectivity index (χ0) is 21.4. The van der Waals surface area contributed by atoms with Crippen LogP contribution in [0.25, 0.3) is 0 Å². The SMILES string of the molecule is CC#CCOc1ccc(C(=O)N[C@H]2C(OC(=O)CC)NCCN2S(C)(=O)=O)cc1. The van der Waals surface area contributed by atoms with E-state index in [0.29, 0.717) is 11.3 Å². The molecule has 1 saturated heterocycles. The van der Waals surface area contributed by atoms with Gasteiger partial charge in [0.05, 0.1) is 6.26 Å². The van der Waals surface area contributed by atoms with Gasteiger partial charge in [0.2, 0.25) is 10.0 Å². The zero-order valence-electron chi connectivity index (χ0n) is 16.6. The van der Waals surface area contributed by atoms with Crippen LogP contribution in [0.4, 0.5) is 0 Å². The minimum absolute atomic E-state index is 0.127. The van der Waals surface area contributed by atoms with E-state index < -0.39 is 34.3 Å². The van der Waals surface area contributed by atoms with E-state index in [9.17, 15) is 18.0 Å².